The van der Waals surface area contributed by atoms with E-state index in [0.29, 0.717) is 23.1 Å². The average Bonchev–Trinajstić information content (AvgIpc) is 3.15. The molecule has 0 aliphatic heterocycles. The number of ether oxygens (including phenoxy) is 1. The van der Waals surface area contributed by atoms with Gasteiger partial charge in [0.1, 0.15) is 6.10 Å². The molecule has 4 aliphatic carbocycles. The fraction of sp³-hybridized carbons (Fsp3) is 0.900. The second-order valence-corrected chi connectivity index (χ2v) is 13.7. The quantitative estimate of drug-likeness (QED) is 0.267. The Bertz CT molecular complexity index is 750. The van der Waals surface area contributed by atoms with E-state index in [9.17, 15) is 4.79 Å². The zero-order chi connectivity index (χ0) is 24.5. The van der Waals surface area contributed by atoms with Gasteiger partial charge >= 0.3 is 6.09 Å². The van der Waals surface area contributed by atoms with Gasteiger partial charge in [-0.2, -0.15) is 12.6 Å². The molecule has 0 heterocycles. The number of amides is 1. The molecule has 0 bridgehead atoms. The maximum absolute atomic E-state index is 12.1. The fourth-order valence-electron chi connectivity index (χ4n) is 9.10. The monoisotopic (exact) mass is 489 g/mol. The second kappa shape index (κ2) is 10.8. The summed E-state index contributed by atoms with van der Waals surface area (Å²) >= 11 is 4.17. The highest BCUT2D eigenvalue weighted by atomic mass is 32.1. The van der Waals surface area contributed by atoms with Crippen molar-refractivity contribution in [2.45, 2.75) is 111 Å². The summed E-state index contributed by atoms with van der Waals surface area (Å²) in [5, 5.41) is 2.81. The van der Waals surface area contributed by atoms with Crippen LogP contribution in [0.4, 0.5) is 4.79 Å². The Morgan fingerprint density at radius 1 is 1.12 bits per heavy atom. The SMILES string of the molecule is CC(C)CCC[C@@H](C)[C@H]1CCC2C3CC=C4CC(OC(=O)NCCS)CCC4(C)C3CCC21C. The van der Waals surface area contributed by atoms with Gasteiger partial charge in [0.2, 0.25) is 0 Å². The summed E-state index contributed by atoms with van der Waals surface area (Å²) in [6.45, 7) is 13.1. The number of carbonyl (C=O) groups excluding carboxylic acids is 1. The van der Waals surface area contributed by atoms with Gasteiger partial charge in [-0.05, 0) is 91.3 Å². The van der Waals surface area contributed by atoms with Crippen LogP contribution in [-0.4, -0.2) is 24.5 Å². The molecular weight excluding hydrogens is 438 g/mol. The topological polar surface area (TPSA) is 38.3 Å². The van der Waals surface area contributed by atoms with Crippen molar-refractivity contribution in [3.8, 4) is 0 Å². The first-order valence-electron chi connectivity index (χ1n) is 14.4. The maximum atomic E-state index is 12.1. The molecule has 0 aromatic heterocycles. The third-order valence-electron chi connectivity index (χ3n) is 10.9. The van der Waals surface area contributed by atoms with E-state index in [-0.39, 0.29) is 12.2 Å². The molecule has 4 heteroatoms. The summed E-state index contributed by atoms with van der Waals surface area (Å²) in [5.74, 6) is 5.85. The Hall–Kier alpha value is -0.640. The minimum Gasteiger partial charge on any atom is -0.446 e. The molecule has 3 saturated carbocycles. The number of hydrogen-bond acceptors (Lipinski definition) is 3. The lowest BCUT2D eigenvalue weighted by atomic mass is 9.47. The average molecular weight is 490 g/mol. The normalized spacial score (nSPS) is 40.1. The van der Waals surface area contributed by atoms with Crippen LogP contribution in [0, 0.1) is 46.3 Å². The summed E-state index contributed by atoms with van der Waals surface area (Å²) in [5.41, 5.74) is 2.45. The number of alkyl carbamates (subject to hydrolysis) is 1. The summed E-state index contributed by atoms with van der Waals surface area (Å²) in [6.07, 6.45) is 16.7. The number of rotatable bonds is 8. The van der Waals surface area contributed by atoms with Crippen molar-refractivity contribution in [2.75, 3.05) is 12.3 Å². The van der Waals surface area contributed by atoms with Crippen LogP contribution in [0.1, 0.15) is 105 Å². The molecule has 4 aliphatic rings. The molecule has 3 nitrogen and oxygen atoms in total. The molecule has 0 radical (unpaired) electrons. The molecule has 194 valence electrons. The molecule has 4 rings (SSSR count). The van der Waals surface area contributed by atoms with E-state index in [4.69, 9.17) is 4.74 Å². The van der Waals surface area contributed by atoms with Gasteiger partial charge in [-0.25, -0.2) is 4.79 Å². The first kappa shape index (κ1) is 26.4. The van der Waals surface area contributed by atoms with E-state index in [2.05, 4.69) is 58.6 Å². The predicted molar refractivity (Wildman–Crippen MR) is 145 cm³/mol. The van der Waals surface area contributed by atoms with Gasteiger partial charge in [0.25, 0.3) is 0 Å². The minimum absolute atomic E-state index is 0.0344. The van der Waals surface area contributed by atoms with Crippen LogP contribution in [0.2, 0.25) is 0 Å². The molecule has 0 saturated heterocycles. The predicted octanol–water partition coefficient (Wildman–Crippen LogP) is 8.05. The fourth-order valence-corrected chi connectivity index (χ4v) is 9.22. The van der Waals surface area contributed by atoms with Crippen LogP contribution in [0.15, 0.2) is 11.6 Å². The van der Waals surface area contributed by atoms with Gasteiger partial charge in [-0.1, -0.05) is 65.5 Å². The number of hydrogen-bond donors (Lipinski definition) is 2. The Balaban J connectivity index is 1.41. The van der Waals surface area contributed by atoms with Gasteiger partial charge in [0.15, 0.2) is 0 Å². The van der Waals surface area contributed by atoms with Gasteiger partial charge in [-0.15, -0.1) is 0 Å². The van der Waals surface area contributed by atoms with Crippen molar-refractivity contribution in [2.24, 2.45) is 46.3 Å². The zero-order valence-electron chi connectivity index (χ0n) is 22.6. The van der Waals surface area contributed by atoms with Crippen LogP contribution in [0.5, 0.6) is 0 Å². The lowest BCUT2D eigenvalue weighted by molar-refractivity contribution is -0.0581. The summed E-state index contributed by atoms with van der Waals surface area (Å²) in [7, 11) is 0. The van der Waals surface area contributed by atoms with Crippen LogP contribution in [-0.2, 0) is 4.74 Å². The molecule has 3 fully saturated rings. The largest absolute Gasteiger partial charge is 0.446 e. The van der Waals surface area contributed by atoms with Crippen molar-refractivity contribution in [3.63, 3.8) is 0 Å². The van der Waals surface area contributed by atoms with Crippen molar-refractivity contribution in [1.29, 1.82) is 0 Å². The van der Waals surface area contributed by atoms with Gasteiger partial charge in [0, 0.05) is 18.7 Å². The van der Waals surface area contributed by atoms with E-state index in [1.165, 1.54) is 57.8 Å². The Kier molecular flexibility index (Phi) is 8.37. The van der Waals surface area contributed by atoms with E-state index in [1.807, 2.05) is 0 Å². The second-order valence-electron chi connectivity index (χ2n) is 13.2. The van der Waals surface area contributed by atoms with Gasteiger partial charge < -0.3 is 10.1 Å². The number of thiol groups is 1. The van der Waals surface area contributed by atoms with E-state index < -0.39 is 0 Å². The zero-order valence-corrected chi connectivity index (χ0v) is 23.5. The Morgan fingerprint density at radius 2 is 1.91 bits per heavy atom. The number of fused-ring (bicyclic) bond motifs is 5. The van der Waals surface area contributed by atoms with E-state index in [1.54, 1.807) is 5.57 Å². The first-order valence-corrected chi connectivity index (χ1v) is 15.1. The molecule has 6 unspecified atom stereocenters. The summed E-state index contributed by atoms with van der Waals surface area (Å²) in [4.78, 5) is 12.1. The van der Waals surface area contributed by atoms with Crippen LogP contribution >= 0.6 is 12.6 Å². The molecule has 0 aromatic carbocycles. The minimum atomic E-state index is -0.273. The molecule has 1 N–H and O–H groups in total. The van der Waals surface area contributed by atoms with Gasteiger partial charge in [-0.3, -0.25) is 0 Å². The Morgan fingerprint density at radius 3 is 2.65 bits per heavy atom. The maximum Gasteiger partial charge on any atom is 0.407 e. The highest BCUT2D eigenvalue weighted by Crippen LogP contribution is 2.67. The molecular formula is C30H51NO2S. The number of carbonyl (C=O) groups is 1. The van der Waals surface area contributed by atoms with E-state index >= 15 is 0 Å². The summed E-state index contributed by atoms with van der Waals surface area (Å²) in [6, 6.07) is 0. The lowest BCUT2D eigenvalue weighted by Gasteiger charge is -2.58. The van der Waals surface area contributed by atoms with Gasteiger partial charge in [0.05, 0.1) is 0 Å². The third-order valence-corrected chi connectivity index (χ3v) is 11.1. The van der Waals surface area contributed by atoms with Crippen LogP contribution < -0.4 is 5.32 Å². The molecule has 0 aromatic rings. The number of allylic oxidation sites excluding steroid dienone is 1. The highest BCUT2D eigenvalue weighted by molar-refractivity contribution is 7.80. The molecule has 0 spiro atoms. The van der Waals surface area contributed by atoms with Crippen molar-refractivity contribution in [3.05, 3.63) is 11.6 Å². The lowest BCUT2D eigenvalue weighted by Crippen LogP contribution is -2.51. The number of nitrogens with one attached hydrogen (secondary N) is 1. The standard InChI is InChI=1S/C30H51NO2S/c1-20(2)7-6-8-21(3)25-11-12-26-24-10-9-22-19-23(33-28(32)31-17-18-34)13-15-29(22,4)27(24)14-16-30(25,26)5/h9,20-21,23-27,34H,6-8,10-19H2,1-5H3,(H,31,32)/t21-,23?,24?,25-,26?,27?,29?,30?/m1/s1. The molecule has 34 heavy (non-hydrogen) atoms. The van der Waals surface area contributed by atoms with Crippen molar-refractivity contribution in [1.82, 2.24) is 5.32 Å². The molecule has 1 amide bonds. The first-order chi connectivity index (χ1) is 16.2. The van der Waals surface area contributed by atoms with Crippen LogP contribution in [0.25, 0.3) is 0 Å². The summed E-state index contributed by atoms with van der Waals surface area (Å²) < 4.78 is 5.77. The van der Waals surface area contributed by atoms with Crippen molar-refractivity contribution >= 4 is 18.7 Å². The highest BCUT2D eigenvalue weighted by Gasteiger charge is 2.59. The molecule has 8 atom stereocenters. The Labute approximate surface area is 215 Å². The smallest absolute Gasteiger partial charge is 0.407 e. The van der Waals surface area contributed by atoms with E-state index in [0.717, 1.165) is 48.3 Å². The van der Waals surface area contributed by atoms with Crippen molar-refractivity contribution < 1.29 is 9.53 Å². The van der Waals surface area contributed by atoms with Crippen LogP contribution in [0.3, 0.4) is 0 Å². The third kappa shape index (κ3) is 5.09.